The molecule has 1 amide bonds. The summed E-state index contributed by atoms with van der Waals surface area (Å²) >= 11 is 0. The fourth-order valence-electron chi connectivity index (χ4n) is 1.47. The van der Waals surface area contributed by atoms with Crippen molar-refractivity contribution in [3.8, 4) is 0 Å². The summed E-state index contributed by atoms with van der Waals surface area (Å²) in [5.41, 5.74) is 0.341. The standard InChI is InChI=1S/C9H17NO/c1-9(2,3)7-4-5-8(11)10-6-7/h7H,4-6H2,1-3H3,(H,10,11)/t7-/m0/s1. The van der Waals surface area contributed by atoms with Crippen LogP contribution >= 0.6 is 0 Å². The van der Waals surface area contributed by atoms with E-state index in [1.165, 1.54) is 0 Å². The fourth-order valence-corrected chi connectivity index (χ4v) is 1.47. The van der Waals surface area contributed by atoms with Crippen molar-refractivity contribution in [3.05, 3.63) is 0 Å². The first kappa shape index (κ1) is 8.57. The van der Waals surface area contributed by atoms with Crippen molar-refractivity contribution in [1.82, 2.24) is 5.32 Å². The molecular weight excluding hydrogens is 138 g/mol. The van der Waals surface area contributed by atoms with Gasteiger partial charge >= 0.3 is 0 Å². The minimum atomic E-state index is 0.213. The lowest BCUT2D eigenvalue weighted by atomic mass is 9.77. The van der Waals surface area contributed by atoms with Crippen LogP contribution in [0, 0.1) is 11.3 Å². The zero-order valence-electron chi connectivity index (χ0n) is 7.61. The molecule has 0 aromatic rings. The molecule has 0 bridgehead atoms. The second kappa shape index (κ2) is 2.84. The van der Waals surface area contributed by atoms with Gasteiger partial charge in [-0.1, -0.05) is 20.8 Å². The first-order valence-electron chi connectivity index (χ1n) is 4.27. The van der Waals surface area contributed by atoms with E-state index in [1.54, 1.807) is 0 Å². The fraction of sp³-hybridized carbons (Fsp3) is 0.889. The molecule has 1 N–H and O–H groups in total. The second-order valence-corrected chi connectivity index (χ2v) is 4.41. The molecule has 1 heterocycles. The van der Waals surface area contributed by atoms with E-state index in [0.29, 0.717) is 17.8 Å². The van der Waals surface area contributed by atoms with E-state index < -0.39 is 0 Å². The van der Waals surface area contributed by atoms with E-state index in [4.69, 9.17) is 0 Å². The van der Waals surface area contributed by atoms with Crippen LogP contribution in [0.15, 0.2) is 0 Å². The van der Waals surface area contributed by atoms with E-state index in [0.717, 1.165) is 13.0 Å². The molecule has 11 heavy (non-hydrogen) atoms. The second-order valence-electron chi connectivity index (χ2n) is 4.41. The molecule has 2 nitrogen and oxygen atoms in total. The molecule has 0 aromatic heterocycles. The maximum Gasteiger partial charge on any atom is 0.220 e. The average Bonchev–Trinajstić information content (AvgIpc) is 1.86. The summed E-state index contributed by atoms with van der Waals surface area (Å²) in [5, 5.41) is 2.90. The Bertz CT molecular complexity index is 147. The molecule has 0 spiro atoms. The third-order valence-corrected chi connectivity index (χ3v) is 2.49. The molecule has 0 saturated carbocycles. The number of carbonyl (C=O) groups excluding carboxylic acids is 1. The van der Waals surface area contributed by atoms with Crippen LogP contribution in [0.5, 0.6) is 0 Å². The lowest BCUT2D eigenvalue weighted by Gasteiger charge is -2.33. The smallest absolute Gasteiger partial charge is 0.220 e. The van der Waals surface area contributed by atoms with Crippen LogP contribution in [0.4, 0.5) is 0 Å². The van der Waals surface area contributed by atoms with Crippen LogP contribution in [0.1, 0.15) is 33.6 Å². The molecule has 0 aliphatic carbocycles. The van der Waals surface area contributed by atoms with Crippen LogP contribution in [0.25, 0.3) is 0 Å². The van der Waals surface area contributed by atoms with Crippen LogP contribution in [-0.4, -0.2) is 12.5 Å². The zero-order chi connectivity index (χ0) is 8.48. The summed E-state index contributed by atoms with van der Waals surface area (Å²) in [6, 6.07) is 0. The Morgan fingerprint density at radius 3 is 2.45 bits per heavy atom. The first-order valence-corrected chi connectivity index (χ1v) is 4.27. The van der Waals surface area contributed by atoms with Crippen molar-refractivity contribution in [2.45, 2.75) is 33.6 Å². The Kier molecular flexibility index (Phi) is 2.21. The third kappa shape index (κ3) is 2.21. The summed E-state index contributed by atoms with van der Waals surface area (Å²) in [6.45, 7) is 7.56. The van der Waals surface area contributed by atoms with Crippen LogP contribution in [-0.2, 0) is 4.79 Å². The van der Waals surface area contributed by atoms with E-state index >= 15 is 0 Å². The molecule has 2 heteroatoms. The number of rotatable bonds is 0. The average molecular weight is 155 g/mol. The molecule has 0 aromatic carbocycles. The Morgan fingerprint density at radius 2 is 2.09 bits per heavy atom. The first-order chi connectivity index (χ1) is 5.00. The molecule has 0 radical (unpaired) electrons. The van der Waals surface area contributed by atoms with Gasteiger partial charge in [0, 0.05) is 13.0 Å². The van der Waals surface area contributed by atoms with Crippen LogP contribution < -0.4 is 5.32 Å². The summed E-state index contributed by atoms with van der Waals surface area (Å²) in [4.78, 5) is 10.8. The maximum atomic E-state index is 10.8. The lowest BCUT2D eigenvalue weighted by molar-refractivity contribution is -0.123. The number of hydrogen-bond acceptors (Lipinski definition) is 1. The normalized spacial score (nSPS) is 26.5. The topological polar surface area (TPSA) is 29.1 Å². The monoisotopic (exact) mass is 155 g/mol. The van der Waals surface area contributed by atoms with Crippen molar-refractivity contribution < 1.29 is 4.79 Å². The van der Waals surface area contributed by atoms with Gasteiger partial charge in [0.2, 0.25) is 5.91 Å². The zero-order valence-corrected chi connectivity index (χ0v) is 7.61. The molecule has 64 valence electrons. The van der Waals surface area contributed by atoms with Crippen LogP contribution in [0.2, 0.25) is 0 Å². The van der Waals surface area contributed by atoms with Gasteiger partial charge in [0.1, 0.15) is 0 Å². The minimum absolute atomic E-state index is 0.213. The quantitative estimate of drug-likeness (QED) is 0.565. The molecule has 1 rings (SSSR count). The Balaban J connectivity index is 2.45. The summed E-state index contributed by atoms with van der Waals surface area (Å²) in [7, 11) is 0. The summed E-state index contributed by atoms with van der Waals surface area (Å²) in [6.07, 6.45) is 1.76. The van der Waals surface area contributed by atoms with Gasteiger partial charge < -0.3 is 5.32 Å². The molecule has 1 fully saturated rings. The molecular formula is C9H17NO. The van der Waals surface area contributed by atoms with Crippen molar-refractivity contribution >= 4 is 5.91 Å². The largest absolute Gasteiger partial charge is 0.356 e. The number of amides is 1. The summed E-state index contributed by atoms with van der Waals surface area (Å²) in [5.74, 6) is 0.866. The van der Waals surface area contributed by atoms with Gasteiger partial charge in [-0.15, -0.1) is 0 Å². The number of hydrogen-bond donors (Lipinski definition) is 1. The van der Waals surface area contributed by atoms with Gasteiger partial charge in [-0.25, -0.2) is 0 Å². The minimum Gasteiger partial charge on any atom is -0.356 e. The van der Waals surface area contributed by atoms with Crippen molar-refractivity contribution in [1.29, 1.82) is 0 Å². The van der Waals surface area contributed by atoms with Gasteiger partial charge in [-0.3, -0.25) is 4.79 Å². The highest BCUT2D eigenvalue weighted by molar-refractivity contribution is 5.76. The highest BCUT2D eigenvalue weighted by Gasteiger charge is 2.28. The molecule has 1 aliphatic heterocycles. The number of nitrogens with one attached hydrogen (secondary N) is 1. The van der Waals surface area contributed by atoms with Gasteiger partial charge in [0.05, 0.1) is 0 Å². The number of piperidine rings is 1. The molecule has 1 atom stereocenters. The molecule has 1 aliphatic rings. The third-order valence-electron chi connectivity index (χ3n) is 2.49. The Hall–Kier alpha value is -0.530. The summed E-state index contributed by atoms with van der Waals surface area (Å²) < 4.78 is 0. The Morgan fingerprint density at radius 1 is 1.45 bits per heavy atom. The SMILES string of the molecule is CC(C)(C)[C@H]1CCC(=O)NC1. The number of carbonyl (C=O) groups is 1. The van der Waals surface area contributed by atoms with E-state index in [1.807, 2.05) is 0 Å². The van der Waals surface area contributed by atoms with Gasteiger partial charge in [0.25, 0.3) is 0 Å². The van der Waals surface area contributed by atoms with Crippen molar-refractivity contribution in [2.75, 3.05) is 6.54 Å². The maximum absolute atomic E-state index is 10.8. The van der Waals surface area contributed by atoms with E-state index in [9.17, 15) is 4.79 Å². The van der Waals surface area contributed by atoms with E-state index in [-0.39, 0.29) is 5.91 Å². The predicted molar refractivity (Wildman–Crippen MR) is 45.2 cm³/mol. The highest BCUT2D eigenvalue weighted by Crippen LogP contribution is 2.30. The van der Waals surface area contributed by atoms with Crippen molar-refractivity contribution in [3.63, 3.8) is 0 Å². The Labute approximate surface area is 68.4 Å². The molecule has 0 unspecified atom stereocenters. The highest BCUT2D eigenvalue weighted by atomic mass is 16.1. The van der Waals surface area contributed by atoms with Crippen molar-refractivity contribution in [2.24, 2.45) is 11.3 Å². The van der Waals surface area contributed by atoms with Crippen LogP contribution in [0.3, 0.4) is 0 Å². The predicted octanol–water partition coefficient (Wildman–Crippen LogP) is 1.56. The van der Waals surface area contributed by atoms with Gasteiger partial charge in [0.15, 0.2) is 0 Å². The van der Waals surface area contributed by atoms with Gasteiger partial charge in [-0.2, -0.15) is 0 Å². The lowest BCUT2D eigenvalue weighted by Crippen LogP contribution is -2.40. The molecule has 1 saturated heterocycles. The van der Waals surface area contributed by atoms with Gasteiger partial charge in [-0.05, 0) is 17.8 Å². The van der Waals surface area contributed by atoms with E-state index in [2.05, 4.69) is 26.1 Å².